The third-order valence-corrected chi connectivity index (χ3v) is 2.25. The second kappa shape index (κ2) is 7.06. The number of aromatic nitrogens is 2. The van der Waals surface area contributed by atoms with E-state index in [1.807, 2.05) is 25.1 Å². The molecule has 1 heterocycles. The number of nitriles is 1. The van der Waals surface area contributed by atoms with Crippen LogP contribution in [0.4, 0.5) is 5.95 Å². The Kier molecular flexibility index (Phi) is 5.38. The molecule has 0 aliphatic rings. The van der Waals surface area contributed by atoms with Gasteiger partial charge in [0.1, 0.15) is 0 Å². The summed E-state index contributed by atoms with van der Waals surface area (Å²) >= 11 is 0. The number of likely N-dealkylation sites (N-methyl/N-ethyl adjacent to an activating group) is 1. The zero-order chi connectivity index (χ0) is 13.4. The number of guanidine groups is 1. The minimum absolute atomic E-state index is 0.454. The third kappa shape index (κ3) is 4.25. The molecule has 2 N–H and O–H groups in total. The molecule has 0 spiro atoms. The van der Waals surface area contributed by atoms with Crippen molar-refractivity contribution in [2.24, 2.45) is 4.99 Å². The molecule has 0 amide bonds. The Balaban J connectivity index is 2.40. The van der Waals surface area contributed by atoms with Gasteiger partial charge >= 0.3 is 0 Å². The Morgan fingerprint density at radius 2 is 2.17 bits per heavy atom. The summed E-state index contributed by atoms with van der Waals surface area (Å²) in [4.78, 5) is 14.2. The topological polar surface area (TPSA) is 89.2 Å². The molecule has 0 unspecified atom stereocenters. The summed E-state index contributed by atoms with van der Waals surface area (Å²) in [7, 11) is 3.52. The summed E-state index contributed by atoms with van der Waals surface area (Å²) < 4.78 is 0. The van der Waals surface area contributed by atoms with Gasteiger partial charge in [0.15, 0.2) is 6.19 Å². The van der Waals surface area contributed by atoms with Crippen LogP contribution in [0.25, 0.3) is 0 Å². The number of hydrogen-bond acceptors (Lipinski definition) is 5. The minimum atomic E-state index is 0.454. The van der Waals surface area contributed by atoms with Crippen molar-refractivity contribution >= 4 is 11.9 Å². The predicted molar refractivity (Wildman–Crippen MR) is 70.1 cm³/mol. The second-order valence-corrected chi connectivity index (χ2v) is 3.72. The summed E-state index contributed by atoms with van der Waals surface area (Å²) in [6, 6.07) is 0. The summed E-state index contributed by atoms with van der Waals surface area (Å²) in [5.74, 6) is 1.13. The Labute approximate surface area is 107 Å². The molecular formula is C11H17N7. The van der Waals surface area contributed by atoms with Crippen molar-refractivity contribution in [3.05, 3.63) is 18.0 Å². The zero-order valence-corrected chi connectivity index (χ0v) is 10.8. The Bertz CT molecular complexity index is 432. The number of aryl methyl sites for hydroxylation is 1. The highest BCUT2D eigenvalue weighted by Gasteiger charge is 2.03. The van der Waals surface area contributed by atoms with Crippen molar-refractivity contribution in [2.45, 2.75) is 6.92 Å². The number of anilines is 1. The van der Waals surface area contributed by atoms with E-state index in [1.165, 1.54) is 0 Å². The van der Waals surface area contributed by atoms with Gasteiger partial charge in [-0.05, 0) is 12.5 Å². The van der Waals surface area contributed by atoms with Gasteiger partial charge in [-0.3, -0.25) is 10.3 Å². The van der Waals surface area contributed by atoms with E-state index in [4.69, 9.17) is 5.26 Å². The van der Waals surface area contributed by atoms with Crippen LogP contribution in [0.5, 0.6) is 0 Å². The van der Waals surface area contributed by atoms with Crippen LogP contribution in [0.3, 0.4) is 0 Å². The van der Waals surface area contributed by atoms with Crippen molar-refractivity contribution in [2.75, 3.05) is 32.1 Å². The number of nitrogens with one attached hydrogen (secondary N) is 2. The van der Waals surface area contributed by atoms with E-state index in [0.717, 1.165) is 5.56 Å². The highest BCUT2D eigenvalue weighted by molar-refractivity contribution is 5.80. The average Bonchev–Trinajstić information content (AvgIpc) is 2.38. The third-order valence-electron chi connectivity index (χ3n) is 2.25. The molecular weight excluding hydrogens is 230 g/mol. The number of nitrogens with zero attached hydrogens (tertiary/aromatic N) is 5. The van der Waals surface area contributed by atoms with E-state index in [-0.39, 0.29) is 0 Å². The van der Waals surface area contributed by atoms with E-state index in [9.17, 15) is 0 Å². The summed E-state index contributed by atoms with van der Waals surface area (Å²) in [5.41, 5.74) is 1.03. The molecule has 1 rings (SSSR count). The fourth-order valence-electron chi connectivity index (χ4n) is 1.26. The van der Waals surface area contributed by atoms with Gasteiger partial charge in [-0.15, -0.1) is 0 Å². The van der Waals surface area contributed by atoms with Gasteiger partial charge in [0.25, 0.3) is 0 Å². The quantitative estimate of drug-likeness (QED) is 0.333. The van der Waals surface area contributed by atoms with Gasteiger partial charge in [0.05, 0.1) is 0 Å². The largest absolute Gasteiger partial charge is 0.354 e. The van der Waals surface area contributed by atoms with Crippen LogP contribution >= 0.6 is 0 Å². The highest BCUT2D eigenvalue weighted by atomic mass is 15.2. The Hall–Kier alpha value is -2.36. The van der Waals surface area contributed by atoms with Gasteiger partial charge in [0.2, 0.25) is 11.9 Å². The van der Waals surface area contributed by atoms with Gasteiger partial charge in [-0.25, -0.2) is 9.97 Å². The first-order valence-corrected chi connectivity index (χ1v) is 5.53. The first-order valence-electron chi connectivity index (χ1n) is 5.53. The first kappa shape index (κ1) is 13.7. The molecule has 0 aromatic carbocycles. The molecule has 7 heteroatoms. The molecule has 1 aromatic rings. The van der Waals surface area contributed by atoms with Crippen LogP contribution in [0.1, 0.15) is 5.56 Å². The monoisotopic (exact) mass is 247 g/mol. The lowest BCUT2D eigenvalue weighted by atomic mass is 10.4. The lowest BCUT2D eigenvalue weighted by Crippen LogP contribution is -2.39. The maximum atomic E-state index is 8.47. The fraction of sp³-hybridized carbons (Fsp3) is 0.455. The smallest absolute Gasteiger partial charge is 0.225 e. The molecule has 0 saturated heterocycles. The van der Waals surface area contributed by atoms with Gasteiger partial charge in [-0.1, -0.05) is 0 Å². The van der Waals surface area contributed by atoms with E-state index in [1.54, 1.807) is 19.4 Å². The summed E-state index contributed by atoms with van der Waals surface area (Å²) in [6.07, 6.45) is 5.37. The van der Waals surface area contributed by atoms with E-state index >= 15 is 0 Å². The maximum Gasteiger partial charge on any atom is 0.225 e. The maximum absolute atomic E-state index is 8.47. The van der Waals surface area contributed by atoms with Crippen molar-refractivity contribution in [1.82, 2.24) is 20.6 Å². The standard InChI is InChI=1S/C11H17N7/c1-9-6-15-11(16-7-9)18(3)5-4-14-10(13-2)17-8-12/h6-7H,4-5H2,1-3H3,(H2,13,14,17). The van der Waals surface area contributed by atoms with Gasteiger partial charge in [0, 0.05) is 39.6 Å². The lowest BCUT2D eigenvalue weighted by molar-refractivity contribution is 0.786. The fourth-order valence-corrected chi connectivity index (χ4v) is 1.26. The first-order chi connectivity index (χ1) is 8.67. The molecule has 18 heavy (non-hydrogen) atoms. The van der Waals surface area contributed by atoms with Crippen LogP contribution in [-0.4, -0.2) is 43.1 Å². The van der Waals surface area contributed by atoms with Crippen molar-refractivity contribution in [3.8, 4) is 6.19 Å². The van der Waals surface area contributed by atoms with Crippen LogP contribution in [0.2, 0.25) is 0 Å². The lowest BCUT2D eigenvalue weighted by Gasteiger charge is -2.17. The average molecular weight is 247 g/mol. The van der Waals surface area contributed by atoms with Crippen LogP contribution in [-0.2, 0) is 0 Å². The van der Waals surface area contributed by atoms with Crippen LogP contribution in [0, 0.1) is 18.4 Å². The van der Waals surface area contributed by atoms with E-state index < -0.39 is 0 Å². The Morgan fingerprint density at radius 3 is 2.72 bits per heavy atom. The van der Waals surface area contributed by atoms with Gasteiger partial charge < -0.3 is 10.2 Å². The summed E-state index contributed by atoms with van der Waals surface area (Å²) in [6.45, 7) is 3.28. The molecule has 0 radical (unpaired) electrons. The molecule has 1 aromatic heterocycles. The minimum Gasteiger partial charge on any atom is -0.354 e. The molecule has 0 bridgehead atoms. The van der Waals surface area contributed by atoms with Crippen LogP contribution in [0.15, 0.2) is 17.4 Å². The predicted octanol–water partition coefficient (Wildman–Crippen LogP) is -0.133. The molecule has 7 nitrogen and oxygen atoms in total. The zero-order valence-electron chi connectivity index (χ0n) is 10.8. The molecule has 0 atom stereocenters. The SMILES string of the molecule is CN=C(NC#N)NCCN(C)c1ncc(C)cn1. The molecule has 96 valence electrons. The van der Waals surface area contributed by atoms with Crippen LogP contribution < -0.4 is 15.5 Å². The van der Waals surface area contributed by atoms with Gasteiger partial charge in [-0.2, -0.15) is 5.26 Å². The number of rotatable bonds is 4. The summed E-state index contributed by atoms with van der Waals surface area (Å²) in [5, 5.41) is 13.9. The van der Waals surface area contributed by atoms with Crippen molar-refractivity contribution < 1.29 is 0 Å². The van der Waals surface area contributed by atoms with Crippen molar-refractivity contribution in [3.63, 3.8) is 0 Å². The molecule has 0 aliphatic heterocycles. The number of hydrogen-bond donors (Lipinski definition) is 2. The molecule has 0 saturated carbocycles. The second-order valence-electron chi connectivity index (χ2n) is 3.72. The number of aliphatic imine (C=N–C) groups is 1. The molecule has 0 aliphatic carbocycles. The normalized spacial score (nSPS) is 10.7. The van der Waals surface area contributed by atoms with E-state index in [2.05, 4.69) is 25.6 Å². The highest BCUT2D eigenvalue weighted by Crippen LogP contribution is 2.02. The van der Waals surface area contributed by atoms with Crippen molar-refractivity contribution in [1.29, 1.82) is 5.26 Å². The Morgan fingerprint density at radius 1 is 1.50 bits per heavy atom. The molecule has 0 fully saturated rings. The van der Waals surface area contributed by atoms with E-state index in [0.29, 0.717) is 25.0 Å².